The molecule has 4 bridgehead atoms. The van der Waals surface area contributed by atoms with Gasteiger partial charge < -0.3 is 73.3 Å². The zero-order valence-electron chi connectivity index (χ0n) is 48.2. The summed E-state index contributed by atoms with van der Waals surface area (Å²) in [6.07, 6.45) is -11.8. The third kappa shape index (κ3) is 25.0. The number of likely N-dealkylation sites (N-methyl/N-ethyl adjacent to an activating group) is 1. The summed E-state index contributed by atoms with van der Waals surface area (Å²) in [6.45, 7) is 3.63. The van der Waals surface area contributed by atoms with Crippen molar-refractivity contribution in [3.05, 3.63) is 70.8 Å². The first kappa shape index (κ1) is 78.0. The lowest BCUT2D eigenvalue weighted by Gasteiger charge is -2.32. The normalized spacial score (nSPS) is 17.3. The summed E-state index contributed by atoms with van der Waals surface area (Å²) in [4.78, 5) is 116. The number of ether oxygens (including phenoxy) is 2. The van der Waals surface area contributed by atoms with Gasteiger partial charge in [-0.15, -0.1) is 0 Å². The molecule has 2 saturated carbocycles. The fourth-order valence-corrected chi connectivity index (χ4v) is 8.44. The van der Waals surface area contributed by atoms with E-state index < -0.39 is 102 Å². The molecule has 3 aromatic rings. The number of rotatable bonds is 15. The van der Waals surface area contributed by atoms with Crippen LogP contribution in [0.1, 0.15) is 96.8 Å². The van der Waals surface area contributed by atoms with Crippen molar-refractivity contribution in [2.24, 2.45) is 22.6 Å². The van der Waals surface area contributed by atoms with E-state index in [1.807, 2.05) is 6.07 Å². The summed E-state index contributed by atoms with van der Waals surface area (Å²) in [7, 11) is 1.43. The number of alkyl halides is 12. The lowest BCUT2D eigenvalue weighted by Crippen LogP contribution is -2.56. The first-order valence-corrected chi connectivity index (χ1v) is 26.6. The highest BCUT2D eigenvalue weighted by atomic mass is 19.4. The first-order valence-electron chi connectivity index (χ1n) is 26.6. The van der Waals surface area contributed by atoms with E-state index >= 15 is 0 Å². The SMILES string of the molecule is Cc1nc(C2CCC3(CC2)CC3)ncc1C(=O)N[C@@H](CCN)C(=O)N(C)[C@@H]1C(=O)N[C@@H](C)C(=O)N[C@H](C(=O)NCC#N)Cc2ccc(OCCN)c(c2)-c2cc1ccc2OCCN.O=C(O)C(F)(F)F.O=C(O)C(F)(F)F.O=C(O)C(F)(F)F.O=C(O)C(F)(F)F. The van der Waals surface area contributed by atoms with Gasteiger partial charge in [-0.3, -0.25) is 24.0 Å². The van der Waals surface area contributed by atoms with Crippen molar-refractivity contribution in [2.75, 3.05) is 46.4 Å². The van der Waals surface area contributed by atoms with Crippen molar-refractivity contribution >= 4 is 53.4 Å². The largest absolute Gasteiger partial charge is 0.492 e. The Balaban J connectivity index is 0.000000832. The van der Waals surface area contributed by atoms with E-state index in [-0.39, 0.29) is 63.7 Å². The molecule has 0 radical (unpaired) electrons. The molecule has 38 heteroatoms. The molecular formula is C53H63F12N11O15. The van der Waals surface area contributed by atoms with Gasteiger partial charge in [-0.25, -0.2) is 29.1 Å². The van der Waals surface area contributed by atoms with E-state index in [1.165, 1.54) is 37.9 Å². The maximum Gasteiger partial charge on any atom is 0.490 e. The second kappa shape index (κ2) is 34.2. The molecule has 3 aliphatic rings. The van der Waals surface area contributed by atoms with Crippen molar-refractivity contribution in [1.82, 2.24) is 36.1 Å². The monoisotopic (exact) mass is 1320 g/mol. The van der Waals surface area contributed by atoms with Crippen molar-refractivity contribution in [3.63, 3.8) is 0 Å². The third-order valence-corrected chi connectivity index (χ3v) is 13.2. The molecule has 2 heterocycles. The molecule has 1 aliphatic heterocycles. The molecule has 2 aromatic carbocycles. The van der Waals surface area contributed by atoms with Crippen LogP contribution in [0.5, 0.6) is 11.5 Å². The molecule has 2 fully saturated rings. The maximum absolute atomic E-state index is 14.6. The van der Waals surface area contributed by atoms with Gasteiger partial charge in [0, 0.05) is 49.8 Å². The number of carbonyl (C=O) groups is 9. The van der Waals surface area contributed by atoms with Crippen molar-refractivity contribution < 1.29 is 126 Å². The van der Waals surface area contributed by atoms with E-state index in [4.69, 9.17) is 76.5 Å². The number of fused-ring (bicyclic) bond motifs is 5. The first-order chi connectivity index (χ1) is 42.1. The Labute approximate surface area is 508 Å². The smallest absolute Gasteiger partial charge is 0.490 e. The number of amides is 5. The Kier molecular flexibility index (Phi) is 29.3. The Bertz CT molecular complexity index is 3000. The number of aromatic nitrogens is 2. The molecule has 0 saturated heterocycles. The number of carbonyl (C=O) groups excluding carboxylic acids is 5. The molecule has 4 atom stereocenters. The number of halogens is 12. The molecule has 2 aliphatic carbocycles. The summed E-state index contributed by atoms with van der Waals surface area (Å²) in [6, 6.07) is 7.18. The van der Waals surface area contributed by atoms with E-state index in [9.17, 15) is 76.7 Å². The maximum atomic E-state index is 14.6. The molecule has 91 heavy (non-hydrogen) atoms. The summed E-state index contributed by atoms with van der Waals surface area (Å²) < 4.78 is 139. The van der Waals surface area contributed by atoms with Gasteiger partial charge in [-0.1, -0.05) is 12.1 Å². The van der Waals surface area contributed by atoms with Gasteiger partial charge in [-0.05, 0) is 106 Å². The number of hydrogen-bond donors (Lipinski definition) is 11. The number of nitriles is 1. The van der Waals surface area contributed by atoms with Crippen LogP contribution < -0.4 is 47.9 Å². The number of hydrogen-bond acceptors (Lipinski definition) is 17. The highest BCUT2D eigenvalue weighted by Gasteiger charge is 2.46. The molecule has 0 unspecified atom stereocenters. The van der Waals surface area contributed by atoms with Gasteiger partial charge in [0.25, 0.3) is 5.91 Å². The van der Waals surface area contributed by atoms with Gasteiger partial charge in [0.05, 0.1) is 17.3 Å². The lowest BCUT2D eigenvalue weighted by molar-refractivity contribution is -0.193. The minimum atomic E-state index is -5.08. The number of nitrogens with two attached hydrogens (primary N) is 3. The topological polar surface area (TPSA) is 432 Å². The number of aryl methyl sites for hydroxylation is 1. The van der Waals surface area contributed by atoms with Gasteiger partial charge in [0.2, 0.25) is 23.6 Å². The van der Waals surface area contributed by atoms with Crippen LogP contribution in [-0.2, 0) is 44.8 Å². The highest BCUT2D eigenvalue weighted by molar-refractivity contribution is 6.00. The number of carboxylic acids is 4. The molecule has 1 spiro atoms. The average molecular weight is 1320 g/mol. The fraction of sp³-hybridized carbons (Fsp3) is 0.509. The average Bonchev–Trinajstić information content (AvgIpc) is 1.77. The van der Waals surface area contributed by atoms with Crippen molar-refractivity contribution in [1.29, 1.82) is 5.26 Å². The zero-order valence-corrected chi connectivity index (χ0v) is 48.2. The fourth-order valence-electron chi connectivity index (χ4n) is 8.44. The third-order valence-electron chi connectivity index (χ3n) is 13.2. The zero-order chi connectivity index (χ0) is 69.6. The predicted octanol–water partition coefficient (Wildman–Crippen LogP) is 3.93. The standard InChI is InChI=1S/C45H59N11O7.4C2HF3O2/c1-26-33(25-51-39(52-26)29-8-11-45(12-9-29)13-14-45)41(58)54-34(10-15-46)44(61)56(3)38-30-5-7-37(63-21-18-49)32(24-30)31-22-28(4-6-36(31)62-20-17-48)23-35(42(59)50-19-16-47)55-40(57)27(2)53-43(38)60;4*3-2(4,5)1(6)7/h4-7,22,24-25,27,29,34-35,38H,8-15,17-21,23,46,48-49H2,1-3H3,(H,50,59)(H,53,60)(H,54,58)(H,55,57);4*(H,6,7)/t27-,34-,35-,38-;;;;/m0..../s1. The number of carboxylic acid groups (broad SMARTS) is 4. The Hall–Kier alpha value is -9.12. The van der Waals surface area contributed by atoms with Crippen LogP contribution in [0.2, 0.25) is 0 Å². The number of benzene rings is 2. The molecular weight excluding hydrogens is 1260 g/mol. The van der Waals surface area contributed by atoms with Crippen molar-refractivity contribution in [2.45, 2.75) is 120 Å². The van der Waals surface area contributed by atoms with Crippen molar-refractivity contribution in [3.8, 4) is 28.7 Å². The summed E-state index contributed by atoms with van der Waals surface area (Å²) in [5.41, 5.74) is 20.8. The Morgan fingerprint density at radius 2 is 1.21 bits per heavy atom. The lowest BCUT2D eigenvalue weighted by atomic mass is 9.79. The Morgan fingerprint density at radius 3 is 1.64 bits per heavy atom. The number of aliphatic carboxylic acids is 4. The minimum Gasteiger partial charge on any atom is -0.492 e. The van der Waals surface area contributed by atoms with Crippen LogP contribution in [0.15, 0.2) is 42.6 Å². The quantitative estimate of drug-likeness (QED) is 0.0758. The highest BCUT2D eigenvalue weighted by Crippen LogP contribution is 2.58. The summed E-state index contributed by atoms with van der Waals surface area (Å²) in [5.74, 6) is -12.5. The van der Waals surface area contributed by atoms with E-state index in [2.05, 4.69) is 26.3 Å². The van der Waals surface area contributed by atoms with Crippen LogP contribution in [-0.4, -0.2) is 178 Å². The van der Waals surface area contributed by atoms with Gasteiger partial charge in [0.15, 0.2) is 0 Å². The molecule has 5 amide bonds. The molecule has 504 valence electrons. The Morgan fingerprint density at radius 1 is 0.736 bits per heavy atom. The molecule has 14 N–H and O–H groups in total. The predicted molar refractivity (Wildman–Crippen MR) is 288 cm³/mol. The summed E-state index contributed by atoms with van der Waals surface area (Å²) in [5, 5.41) is 48.4. The second-order valence-electron chi connectivity index (χ2n) is 19.9. The van der Waals surface area contributed by atoms with Gasteiger partial charge >= 0.3 is 48.6 Å². The van der Waals surface area contributed by atoms with Gasteiger partial charge in [-0.2, -0.15) is 57.9 Å². The van der Waals surface area contributed by atoms with Crippen LogP contribution >= 0.6 is 0 Å². The summed E-state index contributed by atoms with van der Waals surface area (Å²) >= 11 is 0. The van der Waals surface area contributed by atoms with E-state index in [0.29, 0.717) is 44.9 Å². The minimum absolute atomic E-state index is 0.0114. The van der Waals surface area contributed by atoms with Crippen LogP contribution in [0.3, 0.4) is 0 Å². The molecule has 6 rings (SSSR count). The van der Waals surface area contributed by atoms with E-state index in [0.717, 1.165) is 31.5 Å². The molecule has 26 nitrogen and oxygen atoms in total. The van der Waals surface area contributed by atoms with Gasteiger partial charge in [0.1, 0.15) is 61.2 Å². The van der Waals surface area contributed by atoms with Crippen LogP contribution in [0.4, 0.5) is 52.7 Å². The number of nitrogens with one attached hydrogen (secondary N) is 4. The molecule has 1 aromatic heterocycles. The van der Waals surface area contributed by atoms with E-state index in [1.54, 1.807) is 43.3 Å². The second-order valence-corrected chi connectivity index (χ2v) is 19.9. The van der Waals surface area contributed by atoms with Crippen LogP contribution in [0, 0.1) is 23.7 Å². The number of nitrogens with zero attached hydrogens (tertiary/aromatic N) is 4. The van der Waals surface area contributed by atoms with Crippen LogP contribution in [0.25, 0.3) is 11.1 Å².